The van der Waals surface area contributed by atoms with Gasteiger partial charge in [0.15, 0.2) is 10.9 Å². The highest BCUT2D eigenvalue weighted by Gasteiger charge is 2.14. The third-order valence-corrected chi connectivity index (χ3v) is 5.06. The molecule has 0 aliphatic rings. The molecule has 1 amide bonds. The number of furan rings is 1. The maximum atomic E-state index is 12.4. The highest BCUT2D eigenvalue weighted by Crippen LogP contribution is 2.27. The molecule has 3 N–H and O–H groups in total. The Kier molecular flexibility index (Phi) is 10.6. The summed E-state index contributed by atoms with van der Waals surface area (Å²) in [6.45, 7) is 7.10. The lowest BCUT2D eigenvalue weighted by atomic mass is 10.2. The van der Waals surface area contributed by atoms with Crippen molar-refractivity contribution in [2.75, 3.05) is 25.5 Å². The first kappa shape index (κ1) is 25.0. The predicted octanol–water partition coefficient (Wildman–Crippen LogP) is 4.98. The Bertz CT molecular complexity index is 851. The summed E-state index contributed by atoms with van der Waals surface area (Å²) in [7, 11) is 1.54. The van der Waals surface area contributed by atoms with Gasteiger partial charge in [-0.25, -0.2) is 0 Å². The second-order valence-corrected chi connectivity index (χ2v) is 7.97. The fraction of sp³-hybridized carbons (Fsp3) is 0.455. The van der Waals surface area contributed by atoms with Gasteiger partial charge in [0.05, 0.1) is 19.3 Å². The highest BCUT2D eigenvalue weighted by molar-refractivity contribution is 7.80. The van der Waals surface area contributed by atoms with Crippen molar-refractivity contribution in [1.82, 2.24) is 15.8 Å². The largest absolute Gasteiger partial charge is 0.495 e. The molecule has 31 heavy (non-hydrogen) atoms. The average molecular weight is 467 g/mol. The predicted molar refractivity (Wildman–Crippen MR) is 129 cm³/mol. The number of carbonyl (C=O) groups excluding carboxylic acids is 1. The van der Waals surface area contributed by atoms with Gasteiger partial charge in [-0.15, -0.1) is 0 Å². The van der Waals surface area contributed by atoms with Gasteiger partial charge in [0.1, 0.15) is 11.5 Å². The molecular formula is C22H31ClN4O3S. The van der Waals surface area contributed by atoms with E-state index >= 15 is 0 Å². The van der Waals surface area contributed by atoms with E-state index in [-0.39, 0.29) is 10.9 Å². The minimum Gasteiger partial charge on any atom is -0.495 e. The fourth-order valence-electron chi connectivity index (χ4n) is 2.94. The Morgan fingerprint density at radius 3 is 2.48 bits per heavy atom. The number of nitrogens with one attached hydrogen (secondary N) is 3. The van der Waals surface area contributed by atoms with E-state index < -0.39 is 5.91 Å². The van der Waals surface area contributed by atoms with Crippen LogP contribution < -0.4 is 20.9 Å². The number of hydrogen-bond acceptors (Lipinski definition) is 5. The van der Waals surface area contributed by atoms with Crippen LogP contribution in [0.1, 0.15) is 55.8 Å². The van der Waals surface area contributed by atoms with Gasteiger partial charge in [0.25, 0.3) is 0 Å². The highest BCUT2D eigenvalue weighted by atomic mass is 35.5. The number of anilines is 1. The molecule has 7 nitrogen and oxygen atoms in total. The molecule has 2 aromatic rings. The summed E-state index contributed by atoms with van der Waals surface area (Å²) >= 11 is 11.2. The summed E-state index contributed by atoms with van der Waals surface area (Å²) < 4.78 is 11.0. The summed E-state index contributed by atoms with van der Waals surface area (Å²) in [6.07, 6.45) is 4.58. The maximum absolute atomic E-state index is 12.4. The lowest BCUT2D eigenvalue weighted by Crippen LogP contribution is -2.43. The molecule has 1 heterocycles. The van der Waals surface area contributed by atoms with Crippen LogP contribution in [0.5, 0.6) is 5.75 Å². The van der Waals surface area contributed by atoms with Crippen LogP contribution in [0.25, 0.3) is 0 Å². The molecule has 9 heteroatoms. The van der Waals surface area contributed by atoms with Crippen molar-refractivity contribution < 1.29 is 13.9 Å². The van der Waals surface area contributed by atoms with Crippen molar-refractivity contribution in [2.45, 2.75) is 46.1 Å². The van der Waals surface area contributed by atoms with Gasteiger partial charge in [-0.1, -0.05) is 38.3 Å². The van der Waals surface area contributed by atoms with Crippen LogP contribution >= 0.6 is 23.8 Å². The first-order chi connectivity index (χ1) is 15.0. The molecule has 0 radical (unpaired) electrons. The van der Waals surface area contributed by atoms with E-state index in [0.717, 1.165) is 44.5 Å². The van der Waals surface area contributed by atoms with Crippen molar-refractivity contribution in [3.05, 3.63) is 46.9 Å². The zero-order chi connectivity index (χ0) is 22.6. The van der Waals surface area contributed by atoms with E-state index in [2.05, 4.69) is 34.9 Å². The fourth-order valence-corrected chi connectivity index (χ4v) is 3.26. The molecule has 0 aliphatic heterocycles. The Balaban J connectivity index is 1.87. The van der Waals surface area contributed by atoms with Crippen LogP contribution in [0.2, 0.25) is 5.02 Å². The van der Waals surface area contributed by atoms with Gasteiger partial charge in [0.2, 0.25) is 0 Å². The third kappa shape index (κ3) is 8.40. The van der Waals surface area contributed by atoms with Crippen molar-refractivity contribution >= 4 is 40.5 Å². The number of hydrazine groups is 1. The van der Waals surface area contributed by atoms with Crippen LogP contribution in [-0.2, 0) is 6.54 Å². The van der Waals surface area contributed by atoms with Crippen molar-refractivity contribution in [1.29, 1.82) is 0 Å². The van der Waals surface area contributed by atoms with Crippen molar-refractivity contribution in [3.63, 3.8) is 0 Å². The molecule has 0 saturated carbocycles. The molecule has 0 spiro atoms. The van der Waals surface area contributed by atoms with E-state index in [9.17, 15) is 4.79 Å². The lowest BCUT2D eigenvalue weighted by Gasteiger charge is -2.20. The topological polar surface area (TPSA) is 78.8 Å². The second kappa shape index (κ2) is 13.2. The maximum Gasteiger partial charge on any atom is 0.305 e. The summed E-state index contributed by atoms with van der Waals surface area (Å²) in [5.41, 5.74) is 5.82. The third-order valence-electron chi connectivity index (χ3n) is 4.62. The molecule has 2 rings (SSSR count). The normalized spacial score (nSPS) is 10.7. The Morgan fingerprint density at radius 2 is 1.84 bits per heavy atom. The van der Waals surface area contributed by atoms with Crippen LogP contribution in [0.3, 0.4) is 0 Å². The van der Waals surface area contributed by atoms with E-state index in [0.29, 0.717) is 23.0 Å². The number of amides is 1. The van der Waals surface area contributed by atoms with Crippen molar-refractivity contribution in [3.8, 4) is 5.75 Å². The Labute approximate surface area is 194 Å². The number of halogens is 1. The zero-order valence-corrected chi connectivity index (χ0v) is 19.9. The molecule has 0 saturated heterocycles. The molecule has 170 valence electrons. The van der Waals surface area contributed by atoms with Crippen LogP contribution in [-0.4, -0.2) is 36.1 Å². The molecule has 0 fully saturated rings. The minimum absolute atomic E-state index is 0.200. The van der Waals surface area contributed by atoms with Gasteiger partial charge in [-0.05, 0) is 62.4 Å². The first-order valence-corrected chi connectivity index (χ1v) is 11.3. The van der Waals surface area contributed by atoms with Crippen molar-refractivity contribution in [2.24, 2.45) is 0 Å². The summed E-state index contributed by atoms with van der Waals surface area (Å²) in [5, 5.41) is 3.70. The Morgan fingerprint density at radius 1 is 1.13 bits per heavy atom. The van der Waals surface area contributed by atoms with Gasteiger partial charge < -0.3 is 14.5 Å². The molecule has 1 aromatic carbocycles. The summed E-state index contributed by atoms with van der Waals surface area (Å²) in [4.78, 5) is 14.8. The molecule has 1 aromatic heterocycles. The Hall–Kier alpha value is -2.29. The number of methoxy groups -OCH3 is 1. The molecule has 0 bridgehead atoms. The average Bonchev–Trinajstić information content (AvgIpc) is 3.23. The van der Waals surface area contributed by atoms with Crippen LogP contribution in [0.4, 0.5) is 5.69 Å². The number of unbranched alkanes of at least 4 members (excludes halogenated alkanes) is 2. The smallest absolute Gasteiger partial charge is 0.305 e. The first-order valence-electron chi connectivity index (χ1n) is 10.5. The summed E-state index contributed by atoms with van der Waals surface area (Å²) in [6, 6.07) is 8.62. The number of thiocarbonyl (C=S) groups is 1. The van der Waals surface area contributed by atoms with Gasteiger partial charge in [-0.2, -0.15) is 0 Å². The van der Waals surface area contributed by atoms with Gasteiger partial charge >= 0.3 is 5.91 Å². The molecule has 0 unspecified atom stereocenters. The van der Waals surface area contributed by atoms with E-state index in [1.807, 2.05) is 6.07 Å². The van der Waals surface area contributed by atoms with Crippen LogP contribution in [0.15, 0.2) is 34.7 Å². The number of benzene rings is 1. The summed E-state index contributed by atoms with van der Waals surface area (Å²) in [5.74, 6) is 1.12. The van der Waals surface area contributed by atoms with E-state index in [4.69, 9.17) is 33.0 Å². The van der Waals surface area contributed by atoms with E-state index in [1.54, 1.807) is 24.3 Å². The zero-order valence-electron chi connectivity index (χ0n) is 18.3. The quantitative estimate of drug-likeness (QED) is 0.318. The minimum atomic E-state index is -0.410. The molecule has 0 aliphatic carbocycles. The van der Waals surface area contributed by atoms with E-state index in [1.165, 1.54) is 7.11 Å². The molecule has 0 atom stereocenters. The van der Waals surface area contributed by atoms with Gasteiger partial charge in [-0.3, -0.25) is 20.5 Å². The van der Waals surface area contributed by atoms with Crippen LogP contribution in [0, 0.1) is 0 Å². The number of hydrogen-bond donors (Lipinski definition) is 3. The number of carbonyl (C=O) groups is 1. The monoisotopic (exact) mass is 466 g/mol. The molecular weight excluding hydrogens is 436 g/mol. The standard InChI is InChI=1S/C22H31ClN4O3S/c1-4-6-12-27(13-7-5-2)15-17-9-11-19(30-17)21(28)25-26-22(31)24-18-10-8-16(23)14-20(18)29-3/h8-11,14H,4-7,12-13,15H2,1-3H3,(H,25,28)(H2,24,26,31). The number of nitrogens with zero attached hydrogens (tertiary/aromatic N) is 1. The number of ether oxygens (including phenoxy) is 1. The SMILES string of the molecule is CCCCN(CCCC)Cc1ccc(C(=O)NNC(=S)Nc2ccc(Cl)cc2OC)o1. The lowest BCUT2D eigenvalue weighted by molar-refractivity contribution is 0.0912. The second-order valence-electron chi connectivity index (χ2n) is 7.13. The van der Waals surface area contributed by atoms with Gasteiger partial charge in [0, 0.05) is 11.1 Å². The number of rotatable bonds is 11.